The van der Waals surface area contributed by atoms with Crippen LogP contribution in [0.4, 0.5) is 4.39 Å². The molecule has 1 aromatic heterocycles. The SMILES string of the molecule is O=C(Cc1ccc(F)c(Br)c1)c1ccc(Cl)cn1. The first-order valence-electron chi connectivity index (χ1n) is 5.15. The molecule has 0 spiro atoms. The van der Waals surface area contributed by atoms with E-state index < -0.39 is 0 Å². The molecule has 2 nitrogen and oxygen atoms in total. The third-order valence-electron chi connectivity index (χ3n) is 2.36. The second kappa shape index (κ2) is 5.59. The molecular formula is C13H8BrClFNO. The van der Waals surface area contributed by atoms with Crippen molar-refractivity contribution in [1.29, 1.82) is 0 Å². The highest BCUT2D eigenvalue weighted by atomic mass is 79.9. The summed E-state index contributed by atoms with van der Waals surface area (Å²) in [6.45, 7) is 0. The predicted molar refractivity (Wildman–Crippen MR) is 71.4 cm³/mol. The summed E-state index contributed by atoms with van der Waals surface area (Å²) in [6, 6.07) is 7.67. The Morgan fingerprint density at radius 2 is 2.11 bits per heavy atom. The number of rotatable bonds is 3. The maximum atomic E-state index is 13.0. The van der Waals surface area contributed by atoms with Crippen LogP contribution in [0.5, 0.6) is 0 Å². The van der Waals surface area contributed by atoms with Gasteiger partial charge in [0.1, 0.15) is 11.5 Å². The third-order valence-corrected chi connectivity index (χ3v) is 3.19. The van der Waals surface area contributed by atoms with Gasteiger partial charge in [0.2, 0.25) is 0 Å². The first-order valence-corrected chi connectivity index (χ1v) is 6.32. The second-order valence-electron chi connectivity index (χ2n) is 3.71. The minimum Gasteiger partial charge on any atom is -0.292 e. The average molecular weight is 329 g/mol. The summed E-state index contributed by atoms with van der Waals surface area (Å²) in [5.41, 5.74) is 1.07. The van der Waals surface area contributed by atoms with E-state index >= 15 is 0 Å². The Hall–Kier alpha value is -1.26. The lowest BCUT2D eigenvalue weighted by atomic mass is 10.1. The molecule has 5 heteroatoms. The number of carbonyl (C=O) groups is 1. The summed E-state index contributed by atoms with van der Waals surface area (Å²) in [6.07, 6.45) is 1.60. The molecule has 1 heterocycles. The Balaban J connectivity index is 2.16. The van der Waals surface area contributed by atoms with Crippen LogP contribution in [0.25, 0.3) is 0 Å². The van der Waals surface area contributed by atoms with E-state index in [4.69, 9.17) is 11.6 Å². The number of carbonyl (C=O) groups excluding carboxylic acids is 1. The Bertz CT molecular complexity index is 586. The van der Waals surface area contributed by atoms with Gasteiger partial charge in [0.25, 0.3) is 0 Å². The Labute approximate surface area is 117 Å². The molecule has 1 aromatic carbocycles. The summed E-state index contributed by atoms with van der Waals surface area (Å²) in [7, 11) is 0. The zero-order valence-electron chi connectivity index (χ0n) is 9.16. The molecule has 0 aliphatic heterocycles. The van der Waals surface area contributed by atoms with Gasteiger partial charge in [-0.3, -0.25) is 9.78 Å². The molecule has 0 aliphatic rings. The molecule has 0 unspecified atom stereocenters. The van der Waals surface area contributed by atoms with Crippen molar-refractivity contribution < 1.29 is 9.18 Å². The first kappa shape index (κ1) is 13.2. The van der Waals surface area contributed by atoms with Gasteiger partial charge in [-0.25, -0.2) is 4.39 Å². The Morgan fingerprint density at radius 3 is 2.72 bits per heavy atom. The van der Waals surface area contributed by atoms with Crippen LogP contribution in [0.1, 0.15) is 16.1 Å². The van der Waals surface area contributed by atoms with Gasteiger partial charge >= 0.3 is 0 Å². The van der Waals surface area contributed by atoms with Crippen molar-refractivity contribution in [3.8, 4) is 0 Å². The molecule has 0 saturated carbocycles. The summed E-state index contributed by atoms with van der Waals surface area (Å²) >= 11 is 8.78. The van der Waals surface area contributed by atoms with Gasteiger partial charge in [-0.05, 0) is 45.8 Å². The molecule has 0 atom stereocenters. The van der Waals surface area contributed by atoms with Crippen molar-refractivity contribution in [3.63, 3.8) is 0 Å². The van der Waals surface area contributed by atoms with Crippen molar-refractivity contribution in [3.05, 3.63) is 63.1 Å². The van der Waals surface area contributed by atoms with Crippen LogP contribution < -0.4 is 0 Å². The third kappa shape index (κ3) is 3.15. The van der Waals surface area contributed by atoms with Crippen LogP contribution in [-0.2, 0) is 6.42 Å². The number of hydrogen-bond donors (Lipinski definition) is 0. The van der Waals surface area contributed by atoms with Crippen LogP contribution in [0.2, 0.25) is 5.02 Å². The van der Waals surface area contributed by atoms with Gasteiger partial charge in [0.15, 0.2) is 5.78 Å². The summed E-state index contributed by atoms with van der Waals surface area (Å²) < 4.78 is 13.4. The zero-order valence-corrected chi connectivity index (χ0v) is 11.5. The van der Waals surface area contributed by atoms with Gasteiger partial charge in [-0.2, -0.15) is 0 Å². The van der Waals surface area contributed by atoms with Crippen molar-refractivity contribution >= 4 is 33.3 Å². The molecule has 0 bridgehead atoms. The lowest BCUT2D eigenvalue weighted by molar-refractivity contribution is 0.0988. The lowest BCUT2D eigenvalue weighted by Crippen LogP contribution is -2.05. The van der Waals surface area contributed by atoms with Crippen molar-refractivity contribution in [2.45, 2.75) is 6.42 Å². The van der Waals surface area contributed by atoms with Gasteiger partial charge in [-0.15, -0.1) is 0 Å². The average Bonchev–Trinajstić information content (AvgIpc) is 2.34. The molecule has 0 saturated heterocycles. The maximum absolute atomic E-state index is 13.0. The second-order valence-corrected chi connectivity index (χ2v) is 5.00. The van der Waals surface area contributed by atoms with Crippen molar-refractivity contribution in [2.75, 3.05) is 0 Å². The molecule has 92 valence electrons. The van der Waals surface area contributed by atoms with Crippen LogP contribution in [0.3, 0.4) is 0 Å². The fourth-order valence-corrected chi connectivity index (χ4v) is 2.00. The summed E-state index contributed by atoms with van der Waals surface area (Å²) in [5.74, 6) is -0.485. The Morgan fingerprint density at radius 1 is 1.33 bits per heavy atom. The minimum absolute atomic E-state index is 0.134. The fraction of sp³-hybridized carbons (Fsp3) is 0.0769. The molecule has 2 rings (SSSR count). The topological polar surface area (TPSA) is 30.0 Å². The number of benzene rings is 1. The largest absolute Gasteiger partial charge is 0.292 e. The Kier molecular flexibility index (Phi) is 4.09. The highest BCUT2D eigenvalue weighted by Gasteiger charge is 2.09. The summed E-state index contributed by atoms with van der Waals surface area (Å²) in [4.78, 5) is 15.9. The minimum atomic E-state index is -0.351. The number of ketones is 1. The van der Waals surface area contributed by atoms with E-state index in [1.807, 2.05) is 0 Å². The van der Waals surface area contributed by atoms with Crippen LogP contribution in [0, 0.1) is 5.82 Å². The van der Waals surface area contributed by atoms with Crippen LogP contribution in [-0.4, -0.2) is 10.8 Å². The molecule has 18 heavy (non-hydrogen) atoms. The summed E-state index contributed by atoms with van der Waals surface area (Å²) in [5, 5.41) is 0.482. The standard InChI is InChI=1S/C13H8BrClFNO/c14-10-5-8(1-3-11(10)16)6-13(18)12-4-2-9(15)7-17-12/h1-5,7H,6H2. The van der Waals surface area contributed by atoms with E-state index in [-0.39, 0.29) is 18.0 Å². The number of pyridine rings is 1. The normalized spacial score (nSPS) is 10.4. The molecule has 0 aliphatic carbocycles. The van der Waals surface area contributed by atoms with E-state index in [2.05, 4.69) is 20.9 Å². The molecule has 0 fully saturated rings. The number of nitrogens with zero attached hydrogens (tertiary/aromatic N) is 1. The van der Waals surface area contributed by atoms with E-state index in [0.29, 0.717) is 15.2 Å². The quantitative estimate of drug-likeness (QED) is 0.795. The zero-order chi connectivity index (χ0) is 13.1. The molecular weight excluding hydrogens is 321 g/mol. The highest BCUT2D eigenvalue weighted by molar-refractivity contribution is 9.10. The van der Waals surface area contributed by atoms with Crippen molar-refractivity contribution in [1.82, 2.24) is 4.98 Å². The fourth-order valence-electron chi connectivity index (χ4n) is 1.47. The van der Waals surface area contributed by atoms with Gasteiger partial charge in [0, 0.05) is 12.6 Å². The molecule has 0 radical (unpaired) electrons. The first-order chi connectivity index (χ1) is 8.56. The molecule has 2 aromatic rings. The van der Waals surface area contributed by atoms with Crippen molar-refractivity contribution in [2.24, 2.45) is 0 Å². The van der Waals surface area contributed by atoms with Gasteiger partial charge in [-0.1, -0.05) is 17.7 Å². The van der Waals surface area contributed by atoms with Gasteiger partial charge in [0.05, 0.1) is 9.50 Å². The monoisotopic (exact) mass is 327 g/mol. The van der Waals surface area contributed by atoms with Crippen LogP contribution in [0.15, 0.2) is 41.0 Å². The highest BCUT2D eigenvalue weighted by Crippen LogP contribution is 2.18. The predicted octanol–water partition coefficient (Wildman–Crippen LogP) is 4.06. The van der Waals surface area contributed by atoms with E-state index in [1.54, 1.807) is 24.3 Å². The molecule has 0 amide bonds. The smallest absolute Gasteiger partial charge is 0.185 e. The van der Waals surface area contributed by atoms with Gasteiger partial charge < -0.3 is 0 Å². The number of halogens is 3. The van der Waals surface area contributed by atoms with Crippen LogP contribution >= 0.6 is 27.5 Å². The van der Waals surface area contributed by atoms with E-state index in [1.165, 1.54) is 12.3 Å². The lowest BCUT2D eigenvalue weighted by Gasteiger charge is -2.02. The number of Topliss-reactive ketones (excluding diaryl/α,β-unsaturated/α-hetero) is 1. The van der Waals surface area contributed by atoms with E-state index in [9.17, 15) is 9.18 Å². The maximum Gasteiger partial charge on any atom is 0.185 e. The van der Waals surface area contributed by atoms with E-state index in [0.717, 1.165) is 5.56 Å². The number of hydrogen-bond acceptors (Lipinski definition) is 2. The number of aromatic nitrogens is 1. The molecule has 0 N–H and O–H groups in total.